The SMILES string of the molecule is O=C(C[C@@H]1CCS(=O)(=O)C1)NN=Cc1cccc([N+](=O)[O-])c1. The molecule has 8 nitrogen and oxygen atoms in total. The number of nitro benzene ring substituents is 1. The van der Waals surface area contributed by atoms with E-state index < -0.39 is 14.8 Å². The average Bonchev–Trinajstić information content (AvgIpc) is 2.78. The van der Waals surface area contributed by atoms with Gasteiger partial charge in [0, 0.05) is 24.1 Å². The minimum absolute atomic E-state index is 0.0367. The highest BCUT2D eigenvalue weighted by molar-refractivity contribution is 7.91. The fourth-order valence-electron chi connectivity index (χ4n) is 2.24. The van der Waals surface area contributed by atoms with Crippen LogP contribution in [0.4, 0.5) is 5.69 Å². The molecule has 0 saturated carbocycles. The second-order valence-corrected chi connectivity index (χ2v) is 7.35. The predicted octanol–water partition coefficient (Wildman–Crippen LogP) is 0.870. The first kappa shape index (κ1) is 16.1. The number of hydrogen-bond acceptors (Lipinski definition) is 6. The smallest absolute Gasteiger partial charge is 0.270 e. The molecule has 0 bridgehead atoms. The zero-order valence-electron chi connectivity index (χ0n) is 11.6. The van der Waals surface area contributed by atoms with Crippen LogP contribution in [-0.2, 0) is 14.6 Å². The van der Waals surface area contributed by atoms with E-state index in [2.05, 4.69) is 10.5 Å². The van der Waals surface area contributed by atoms with Gasteiger partial charge in [-0.15, -0.1) is 0 Å². The van der Waals surface area contributed by atoms with E-state index in [0.29, 0.717) is 12.0 Å². The summed E-state index contributed by atoms with van der Waals surface area (Å²) in [5, 5.41) is 14.3. The highest BCUT2D eigenvalue weighted by Gasteiger charge is 2.29. The lowest BCUT2D eigenvalue weighted by atomic mass is 10.1. The number of hydrogen-bond donors (Lipinski definition) is 1. The zero-order chi connectivity index (χ0) is 16.2. The Morgan fingerprint density at radius 1 is 1.50 bits per heavy atom. The lowest BCUT2D eigenvalue weighted by molar-refractivity contribution is -0.384. The summed E-state index contributed by atoms with van der Waals surface area (Å²) in [6, 6.07) is 5.83. The Morgan fingerprint density at radius 2 is 2.27 bits per heavy atom. The molecule has 1 atom stereocenters. The van der Waals surface area contributed by atoms with Crippen LogP contribution >= 0.6 is 0 Å². The summed E-state index contributed by atoms with van der Waals surface area (Å²) in [5.41, 5.74) is 2.72. The molecular formula is C13H15N3O5S. The number of nitro groups is 1. The van der Waals surface area contributed by atoms with Gasteiger partial charge in [0.05, 0.1) is 22.6 Å². The van der Waals surface area contributed by atoms with Crippen LogP contribution in [0, 0.1) is 16.0 Å². The monoisotopic (exact) mass is 325 g/mol. The van der Waals surface area contributed by atoms with Gasteiger partial charge in [-0.1, -0.05) is 12.1 Å². The van der Waals surface area contributed by atoms with Crippen LogP contribution in [0.15, 0.2) is 29.4 Å². The van der Waals surface area contributed by atoms with Crippen LogP contribution in [0.2, 0.25) is 0 Å². The summed E-state index contributed by atoms with van der Waals surface area (Å²) in [6.07, 6.45) is 1.89. The number of hydrazone groups is 1. The molecule has 118 valence electrons. The van der Waals surface area contributed by atoms with Crippen molar-refractivity contribution in [2.75, 3.05) is 11.5 Å². The molecule has 0 aromatic heterocycles. The van der Waals surface area contributed by atoms with E-state index in [1.807, 2.05) is 0 Å². The Balaban J connectivity index is 1.86. The third-order valence-corrected chi connectivity index (χ3v) is 5.12. The maximum absolute atomic E-state index is 11.6. The number of nitrogens with zero attached hydrogens (tertiary/aromatic N) is 2. The van der Waals surface area contributed by atoms with Crippen molar-refractivity contribution in [3.8, 4) is 0 Å². The first-order valence-corrected chi connectivity index (χ1v) is 8.45. The number of rotatable bonds is 5. The molecule has 1 aromatic rings. The van der Waals surface area contributed by atoms with Crippen LogP contribution in [0.5, 0.6) is 0 Å². The Kier molecular flexibility index (Phi) is 4.86. The highest BCUT2D eigenvalue weighted by atomic mass is 32.2. The van der Waals surface area contributed by atoms with Gasteiger partial charge < -0.3 is 0 Å². The molecule has 9 heteroatoms. The van der Waals surface area contributed by atoms with Gasteiger partial charge in [0.2, 0.25) is 5.91 Å². The van der Waals surface area contributed by atoms with E-state index in [1.165, 1.54) is 24.4 Å². The molecular weight excluding hydrogens is 310 g/mol. The van der Waals surface area contributed by atoms with Gasteiger partial charge in [-0.05, 0) is 12.3 Å². The lowest BCUT2D eigenvalue weighted by Crippen LogP contribution is -2.21. The molecule has 0 aliphatic carbocycles. The molecule has 1 aliphatic heterocycles. The van der Waals surface area contributed by atoms with Crippen molar-refractivity contribution < 1.29 is 18.1 Å². The van der Waals surface area contributed by atoms with Crippen LogP contribution in [0.25, 0.3) is 0 Å². The number of benzene rings is 1. The number of amides is 1. The van der Waals surface area contributed by atoms with Crippen molar-refractivity contribution >= 4 is 27.6 Å². The number of carbonyl (C=O) groups is 1. The summed E-state index contributed by atoms with van der Waals surface area (Å²) >= 11 is 0. The second-order valence-electron chi connectivity index (χ2n) is 5.12. The van der Waals surface area contributed by atoms with Crippen LogP contribution < -0.4 is 5.43 Å². The maximum atomic E-state index is 11.6. The van der Waals surface area contributed by atoms with Crippen LogP contribution in [-0.4, -0.2) is 37.0 Å². The number of non-ortho nitro benzene ring substituents is 1. The van der Waals surface area contributed by atoms with Crippen molar-refractivity contribution in [2.45, 2.75) is 12.8 Å². The van der Waals surface area contributed by atoms with E-state index in [0.717, 1.165) is 0 Å². The van der Waals surface area contributed by atoms with E-state index >= 15 is 0 Å². The largest absolute Gasteiger partial charge is 0.273 e. The zero-order valence-corrected chi connectivity index (χ0v) is 12.5. The Morgan fingerprint density at radius 3 is 2.91 bits per heavy atom. The molecule has 0 unspecified atom stereocenters. The minimum Gasteiger partial charge on any atom is -0.273 e. The standard InChI is InChI=1S/C13H15N3O5S/c17-13(7-11-4-5-22(20,21)9-11)15-14-8-10-2-1-3-12(6-10)16(18)19/h1-3,6,8,11H,4-5,7,9H2,(H,15,17)/t11-/m0/s1. The Hall–Kier alpha value is -2.29. The number of sulfone groups is 1. The molecule has 2 rings (SSSR count). The van der Waals surface area contributed by atoms with E-state index in [-0.39, 0.29) is 35.4 Å². The van der Waals surface area contributed by atoms with Gasteiger partial charge >= 0.3 is 0 Å². The topological polar surface area (TPSA) is 119 Å². The second kappa shape index (κ2) is 6.65. The van der Waals surface area contributed by atoms with E-state index in [9.17, 15) is 23.3 Å². The molecule has 1 fully saturated rings. The first-order chi connectivity index (χ1) is 10.4. The Bertz CT molecular complexity index is 714. The normalized spacial score (nSPS) is 20.1. The summed E-state index contributed by atoms with van der Waals surface area (Å²) in [4.78, 5) is 21.8. The lowest BCUT2D eigenvalue weighted by Gasteiger charge is -2.05. The molecule has 1 N–H and O–H groups in total. The maximum Gasteiger partial charge on any atom is 0.270 e. The van der Waals surface area contributed by atoms with Crippen molar-refractivity contribution in [1.82, 2.24) is 5.43 Å². The first-order valence-electron chi connectivity index (χ1n) is 6.62. The van der Waals surface area contributed by atoms with Crippen LogP contribution in [0.3, 0.4) is 0 Å². The summed E-state index contributed by atoms with van der Waals surface area (Å²) < 4.78 is 22.6. The summed E-state index contributed by atoms with van der Waals surface area (Å²) in [6.45, 7) is 0. The van der Waals surface area contributed by atoms with Gasteiger partial charge in [0.25, 0.3) is 5.69 Å². The van der Waals surface area contributed by atoms with E-state index in [1.54, 1.807) is 6.07 Å². The predicted molar refractivity (Wildman–Crippen MR) is 80.2 cm³/mol. The van der Waals surface area contributed by atoms with E-state index in [4.69, 9.17) is 0 Å². The minimum atomic E-state index is -3.00. The van der Waals surface area contributed by atoms with Crippen LogP contribution in [0.1, 0.15) is 18.4 Å². The number of nitrogens with one attached hydrogen (secondary N) is 1. The Labute approximate surface area is 127 Å². The van der Waals surface area contributed by atoms with Gasteiger partial charge in [0.15, 0.2) is 9.84 Å². The summed E-state index contributed by atoms with van der Waals surface area (Å²) in [5.74, 6) is -0.376. The van der Waals surface area contributed by atoms with Gasteiger partial charge in [-0.2, -0.15) is 5.10 Å². The van der Waals surface area contributed by atoms with Crippen molar-refractivity contribution in [1.29, 1.82) is 0 Å². The van der Waals surface area contributed by atoms with Gasteiger partial charge in [-0.25, -0.2) is 13.8 Å². The third-order valence-electron chi connectivity index (χ3n) is 3.28. The molecule has 1 saturated heterocycles. The molecule has 1 aromatic carbocycles. The van der Waals surface area contributed by atoms with Crippen molar-refractivity contribution in [3.05, 3.63) is 39.9 Å². The van der Waals surface area contributed by atoms with Crippen molar-refractivity contribution in [3.63, 3.8) is 0 Å². The van der Waals surface area contributed by atoms with Crippen molar-refractivity contribution in [2.24, 2.45) is 11.0 Å². The molecule has 1 aliphatic rings. The third kappa shape index (κ3) is 4.62. The molecule has 0 spiro atoms. The molecule has 0 radical (unpaired) electrons. The molecule has 1 heterocycles. The fourth-order valence-corrected chi connectivity index (χ4v) is 4.10. The fraction of sp³-hybridized carbons (Fsp3) is 0.385. The highest BCUT2D eigenvalue weighted by Crippen LogP contribution is 2.21. The summed E-state index contributed by atoms with van der Waals surface area (Å²) in [7, 11) is -3.00. The average molecular weight is 325 g/mol. The number of carbonyl (C=O) groups excluding carboxylic acids is 1. The molecule has 22 heavy (non-hydrogen) atoms. The quantitative estimate of drug-likeness (QED) is 0.489. The molecule has 1 amide bonds. The van der Waals surface area contributed by atoms with Gasteiger partial charge in [-0.3, -0.25) is 14.9 Å². The van der Waals surface area contributed by atoms with Gasteiger partial charge in [0.1, 0.15) is 0 Å².